The standard InChI is InChI=1S/C6H6.C5H8O/c1-2-4-6-5-3-1;1-2-3-4-5-6/h1-6H;3-5H,2H2,1H3. The minimum Gasteiger partial charge on any atom is -0.299 e. The van der Waals surface area contributed by atoms with Gasteiger partial charge in [0, 0.05) is 0 Å². The number of carbonyl (C=O) groups excluding carboxylic acids is 1. The van der Waals surface area contributed by atoms with Gasteiger partial charge >= 0.3 is 0 Å². The van der Waals surface area contributed by atoms with E-state index in [1.54, 1.807) is 0 Å². The van der Waals surface area contributed by atoms with Gasteiger partial charge in [0.1, 0.15) is 6.29 Å². The van der Waals surface area contributed by atoms with Gasteiger partial charge in [-0.25, -0.2) is 0 Å². The Morgan fingerprint density at radius 3 is 1.58 bits per heavy atom. The van der Waals surface area contributed by atoms with Gasteiger partial charge in [0.05, 0.1) is 0 Å². The summed E-state index contributed by atoms with van der Waals surface area (Å²) in [5, 5.41) is 0. The minimum absolute atomic E-state index is 0.781. The Bertz CT molecular complexity index is 175. The number of allylic oxidation sites excluding steroid dienone is 2. The highest BCUT2D eigenvalue weighted by molar-refractivity contribution is 5.64. The molecule has 1 rings (SSSR count). The van der Waals surface area contributed by atoms with Gasteiger partial charge in [0.15, 0.2) is 0 Å². The molecule has 0 atom stereocenters. The van der Waals surface area contributed by atoms with Crippen molar-refractivity contribution in [1.29, 1.82) is 0 Å². The molecule has 1 aromatic rings. The van der Waals surface area contributed by atoms with E-state index in [0.717, 1.165) is 12.7 Å². The predicted octanol–water partition coefficient (Wildman–Crippen LogP) is 2.84. The van der Waals surface area contributed by atoms with Crippen molar-refractivity contribution >= 4 is 6.29 Å². The van der Waals surface area contributed by atoms with Gasteiger partial charge in [-0.15, -0.1) is 0 Å². The van der Waals surface area contributed by atoms with E-state index in [-0.39, 0.29) is 0 Å². The summed E-state index contributed by atoms with van der Waals surface area (Å²) >= 11 is 0. The molecule has 0 aliphatic heterocycles. The first-order chi connectivity index (χ1) is 5.91. The maximum Gasteiger partial charge on any atom is 0.142 e. The van der Waals surface area contributed by atoms with Crippen molar-refractivity contribution in [3.63, 3.8) is 0 Å². The molecule has 0 fully saturated rings. The van der Waals surface area contributed by atoms with Gasteiger partial charge in [-0.3, -0.25) is 4.79 Å². The second-order valence-electron chi connectivity index (χ2n) is 2.13. The molecule has 1 aromatic carbocycles. The third-order valence-corrected chi connectivity index (χ3v) is 1.12. The molecule has 0 aromatic heterocycles. The van der Waals surface area contributed by atoms with Crippen LogP contribution in [-0.4, -0.2) is 6.29 Å². The molecular weight excluding hydrogens is 148 g/mol. The molecular formula is C11H14O. The lowest BCUT2D eigenvalue weighted by atomic mass is 10.4. The first-order valence-corrected chi connectivity index (χ1v) is 4.02. The molecule has 0 unspecified atom stereocenters. The van der Waals surface area contributed by atoms with Crippen molar-refractivity contribution in [2.45, 2.75) is 13.3 Å². The largest absolute Gasteiger partial charge is 0.299 e. The van der Waals surface area contributed by atoms with Crippen LogP contribution in [0.2, 0.25) is 0 Å². The molecule has 64 valence electrons. The summed E-state index contributed by atoms with van der Waals surface area (Å²) in [6.45, 7) is 1.99. The SMILES string of the molecule is CCC=CC=O.c1ccccc1. The van der Waals surface area contributed by atoms with E-state index in [4.69, 9.17) is 0 Å². The first kappa shape index (κ1) is 10.6. The van der Waals surface area contributed by atoms with Crippen molar-refractivity contribution in [2.75, 3.05) is 0 Å². The van der Waals surface area contributed by atoms with E-state index in [1.165, 1.54) is 6.08 Å². The molecule has 0 spiro atoms. The summed E-state index contributed by atoms with van der Waals surface area (Å²) in [4.78, 5) is 9.48. The quantitative estimate of drug-likeness (QED) is 0.482. The van der Waals surface area contributed by atoms with Gasteiger partial charge in [-0.2, -0.15) is 0 Å². The van der Waals surface area contributed by atoms with Crippen LogP contribution in [0, 0.1) is 0 Å². The Kier molecular flexibility index (Phi) is 8.53. The smallest absolute Gasteiger partial charge is 0.142 e. The highest BCUT2D eigenvalue weighted by Crippen LogP contribution is 1.79. The fourth-order valence-corrected chi connectivity index (χ4v) is 0.577. The monoisotopic (exact) mass is 162 g/mol. The third kappa shape index (κ3) is 8.63. The molecule has 0 aliphatic carbocycles. The molecule has 0 amide bonds. The van der Waals surface area contributed by atoms with Crippen molar-refractivity contribution in [2.24, 2.45) is 0 Å². The molecule has 12 heavy (non-hydrogen) atoms. The van der Waals surface area contributed by atoms with E-state index in [0.29, 0.717) is 0 Å². The van der Waals surface area contributed by atoms with Crippen molar-refractivity contribution < 1.29 is 4.79 Å². The number of carbonyl (C=O) groups is 1. The number of hydrogen-bond donors (Lipinski definition) is 0. The maximum atomic E-state index is 9.48. The minimum atomic E-state index is 0.781. The summed E-state index contributed by atoms with van der Waals surface area (Å²) in [6.07, 6.45) is 5.04. The zero-order valence-electron chi connectivity index (χ0n) is 7.31. The summed E-state index contributed by atoms with van der Waals surface area (Å²) in [5.74, 6) is 0. The second kappa shape index (κ2) is 9.63. The molecule has 0 aliphatic rings. The van der Waals surface area contributed by atoms with Gasteiger partial charge in [-0.05, 0) is 12.5 Å². The molecule has 0 radical (unpaired) electrons. The Balaban J connectivity index is 0.000000202. The van der Waals surface area contributed by atoms with Crippen LogP contribution in [0.4, 0.5) is 0 Å². The predicted molar refractivity (Wildman–Crippen MR) is 51.9 cm³/mol. The van der Waals surface area contributed by atoms with E-state index < -0.39 is 0 Å². The number of benzene rings is 1. The van der Waals surface area contributed by atoms with Gasteiger partial charge in [0.2, 0.25) is 0 Å². The number of aldehydes is 1. The van der Waals surface area contributed by atoms with Crippen molar-refractivity contribution in [3.05, 3.63) is 48.6 Å². The lowest BCUT2D eigenvalue weighted by Gasteiger charge is -1.69. The Labute approximate surface area is 73.7 Å². The highest BCUT2D eigenvalue weighted by atomic mass is 16.1. The molecule has 0 saturated heterocycles. The van der Waals surface area contributed by atoms with Gasteiger partial charge in [0.25, 0.3) is 0 Å². The average molecular weight is 162 g/mol. The summed E-state index contributed by atoms with van der Waals surface area (Å²) in [5.41, 5.74) is 0. The molecule has 0 N–H and O–H groups in total. The van der Waals surface area contributed by atoms with Crippen LogP contribution >= 0.6 is 0 Å². The fourth-order valence-electron chi connectivity index (χ4n) is 0.577. The third-order valence-electron chi connectivity index (χ3n) is 1.12. The van der Waals surface area contributed by atoms with Gasteiger partial charge in [-0.1, -0.05) is 49.4 Å². The Morgan fingerprint density at radius 2 is 1.42 bits per heavy atom. The van der Waals surface area contributed by atoms with E-state index in [1.807, 2.05) is 49.4 Å². The Morgan fingerprint density at radius 1 is 1.00 bits per heavy atom. The van der Waals surface area contributed by atoms with E-state index >= 15 is 0 Å². The van der Waals surface area contributed by atoms with Gasteiger partial charge < -0.3 is 0 Å². The van der Waals surface area contributed by atoms with Crippen LogP contribution in [-0.2, 0) is 4.79 Å². The molecule has 0 saturated carbocycles. The van der Waals surface area contributed by atoms with E-state index in [9.17, 15) is 4.79 Å². The van der Waals surface area contributed by atoms with Crippen LogP contribution in [0.25, 0.3) is 0 Å². The van der Waals surface area contributed by atoms with Crippen LogP contribution < -0.4 is 0 Å². The van der Waals surface area contributed by atoms with E-state index in [2.05, 4.69) is 0 Å². The zero-order chi connectivity index (χ0) is 9.07. The second-order valence-corrected chi connectivity index (χ2v) is 2.13. The van der Waals surface area contributed by atoms with Crippen LogP contribution in [0.5, 0.6) is 0 Å². The molecule has 1 heteroatoms. The normalized spacial score (nSPS) is 8.75. The average Bonchev–Trinajstić information content (AvgIpc) is 2.18. The highest BCUT2D eigenvalue weighted by Gasteiger charge is 1.58. The first-order valence-electron chi connectivity index (χ1n) is 4.02. The zero-order valence-corrected chi connectivity index (χ0v) is 7.31. The van der Waals surface area contributed by atoms with Crippen molar-refractivity contribution in [3.8, 4) is 0 Å². The molecule has 0 bridgehead atoms. The Hall–Kier alpha value is -1.37. The van der Waals surface area contributed by atoms with Crippen LogP contribution in [0.1, 0.15) is 13.3 Å². The summed E-state index contributed by atoms with van der Waals surface area (Å²) in [6, 6.07) is 12.0. The number of hydrogen-bond acceptors (Lipinski definition) is 1. The summed E-state index contributed by atoms with van der Waals surface area (Å²) in [7, 11) is 0. The topological polar surface area (TPSA) is 17.1 Å². The molecule has 0 heterocycles. The van der Waals surface area contributed by atoms with Crippen LogP contribution in [0.3, 0.4) is 0 Å². The lowest BCUT2D eigenvalue weighted by molar-refractivity contribution is -0.104. The van der Waals surface area contributed by atoms with Crippen molar-refractivity contribution in [1.82, 2.24) is 0 Å². The van der Waals surface area contributed by atoms with Crippen LogP contribution in [0.15, 0.2) is 48.6 Å². The maximum absolute atomic E-state index is 9.48. The molecule has 1 nitrogen and oxygen atoms in total. The fraction of sp³-hybridized carbons (Fsp3) is 0.182. The summed E-state index contributed by atoms with van der Waals surface area (Å²) < 4.78 is 0. The lowest BCUT2D eigenvalue weighted by Crippen LogP contribution is -1.55. The number of rotatable bonds is 2.